The van der Waals surface area contributed by atoms with E-state index in [9.17, 15) is 0 Å². The summed E-state index contributed by atoms with van der Waals surface area (Å²) in [4.78, 5) is 0. The predicted molar refractivity (Wildman–Crippen MR) is 34.8 cm³/mol. The standard InChI is InChI=1S/C5H13N3/c1-3-5(4-6)8-7-2/h4,7-8H,3,6H2,1-2H3/b5-4-. The Morgan fingerprint density at radius 3 is 2.50 bits per heavy atom. The number of hydrogen-bond acceptors (Lipinski definition) is 3. The fourth-order valence-electron chi connectivity index (χ4n) is 0.408. The Morgan fingerprint density at radius 1 is 1.75 bits per heavy atom. The summed E-state index contributed by atoms with van der Waals surface area (Å²) >= 11 is 0. The number of rotatable bonds is 3. The van der Waals surface area contributed by atoms with Crippen LogP contribution in [0, 0.1) is 0 Å². The molecular formula is C5H13N3. The van der Waals surface area contributed by atoms with Crippen LogP contribution >= 0.6 is 0 Å². The summed E-state index contributed by atoms with van der Waals surface area (Å²) in [5.41, 5.74) is 11.9. The van der Waals surface area contributed by atoms with Crippen LogP contribution in [0.25, 0.3) is 0 Å². The summed E-state index contributed by atoms with van der Waals surface area (Å²) < 4.78 is 0. The van der Waals surface area contributed by atoms with E-state index in [-0.39, 0.29) is 0 Å². The van der Waals surface area contributed by atoms with Crippen molar-refractivity contribution >= 4 is 0 Å². The lowest BCUT2D eigenvalue weighted by Gasteiger charge is -2.03. The molecule has 3 nitrogen and oxygen atoms in total. The second kappa shape index (κ2) is 4.46. The van der Waals surface area contributed by atoms with Gasteiger partial charge in [-0.2, -0.15) is 0 Å². The molecule has 0 spiro atoms. The highest BCUT2D eigenvalue weighted by Gasteiger charge is 1.84. The highest BCUT2D eigenvalue weighted by atomic mass is 15.3. The van der Waals surface area contributed by atoms with Gasteiger partial charge in [0.1, 0.15) is 0 Å². The van der Waals surface area contributed by atoms with Crippen LogP contribution in [0.5, 0.6) is 0 Å². The van der Waals surface area contributed by atoms with E-state index in [2.05, 4.69) is 10.9 Å². The highest BCUT2D eigenvalue weighted by molar-refractivity contribution is 4.93. The fourth-order valence-corrected chi connectivity index (χ4v) is 0.408. The van der Waals surface area contributed by atoms with E-state index in [4.69, 9.17) is 5.73 Å². The van der Waals surface area contributed by atoms with E-state index >= 15 is 0 Å². The SMILES string of the molecule is CC/C(=C/N)NNC. The average Bonchev–Trinajstić information content (AvgIpc) is 1.83. The molecule has 0 saturated carbocycles. The lowest BCUT2D eigenvalue weighted by atomic mass is 10.4. The van der Waals surface area contributed by atoms with Crippen molar-refractivity contribution in [2.24, 2.45) is 5.73 Å². The van der Waals surface area contributed by atoms with Crippen LogP contribution in [0.4, 0.5) is 0 Å². The summed E-state index contributed by atoms with van der Waals surface area (Å²) in [5, 5.41) is 0. The first-order valence-electron chi connectivity index (χ1n) is 2.68. The van der Waals surface area contributed by atoms with Crippen molar-refractivity contribution in [3.05, 3.63) is 11.9 Å². The zero-order valence-corrected chi connectivity index (χ0v) is 5.36. The smallest absolute Gasteiger partial charge is 0.0413 e. The molecule has 3 heteroatoms. The normalized spacial score (nSPS) is 11.5. The summed E-state index contributed by atoms with van der Waals surface area (Å²) in [6.07, 6.45) is 2.48. The van der Waals surface area contributed by atoms with Gasteiger partial charge in [-0.25, -0.2) is 5.43 Å². The number of hydrazine groups is 1. The molecule has 0 aliphatic heterocycles. The van der Waals surface area contributed by atoms with Crippen molar-refractivity contribution in [1.82, 2.24) is 10.9 Å². The minimum Gasteiger partial charge on any atom is -0.403 e. The van der Waals surface area contributed by atoms with Crippen LogP contribution in [0.2, 0.25) is 0 Å². The Balaban J connectivity index is 3.38. The first-order chi connectivity index (χ1) is 3.85. The number of allylic oxidation sites excluding steroid dienone is 1. The van der Waals surface area contributed by atoms with E-state index in [0.717, 1.165) is 12.1 Å². The molecule has 0 aliphatic carbocycles. The van der Waals surface area contributed by atoms with Crippen LogP contribution in [0.15, 0.2) is 11.9 Å². The third kappa shape index (κ3) is 2.47. The molecule has 0 atom stereocenters. The third-order valence-corrected chi connectivity index (χ3v) is 0.868. The van der Waals surface area contributed by atoms with Gasteiger partial charge in [-0.3, -0.25) is 0 Å². The van der Waals surface area contributed by atoms with Crippen LogP contribution in [-0.4, -0.2) is 7.05 Å². The zero-order valence-electron chi connectivity index (χ0n) is 5.36. The third-order valence-electron chi connectivity index (χ3n) is 0.868. The average molecular weight is 115 g/mol. The molecule has 0 radical (unpaired) electrons. The highest BCUT2D eigenvalue weighted by Crippen LogP contribution is 1.87. The van der Waals surface area contributed by atoms with Gasteiger partial charge in [0.25, 0.3) is 0 Å². The topological polar surface area (TPSA) is 50.1 Å². The van der Waals surface area contributed by atoms with Gasteiger partial charge in [-0.15, -0.1) is 0 Å². The first kappa shape index (κ1) is 7.30. The summed E-state index contributed by atoms with van der Waals surface area (Å²) in [6.45, 7) is 2.03. The molecule has 0 rings (SSSR count). The van der Waals surface area contributed by atoms with Gasteiger partial charge in [0.2, 0.25) is 0 Å². The molecule has 8 heavy (non-hydrogen) atoms. The molecule has 0 aliphatic rings. The maximum Gasteiger partial charge on any atom is 0.0413 e. The second-order valence-electron chi connectivity index (χ2n) is 1.42. The summed E-state index contributed by atoms with van der Waals surface area (Å²) in [7, 11) is 1.80. The maximum absolute atomic E-state index is 5.20. The van der Waals surface area contributed by atoms with Crippen LogP contribution in [0.1, 0.15) is 13.3 Å². The first-order valence-corrected chi connectivity index (χ1v) is 2.68. The van der Waals surface area contributed by atoms with Crippen molar-refractivity contribution in [2.45, 2.75) is 13.3 Å². The molecule has 0 aromatic rings. The minimum absolute atomic E-state index is 0.928. The Labute approximate surface area is 49.9 Å². The van der Waals surface area contributed by atoms with Gasteiger partial charge in [0.05, 0.1) is 0 Å². The van der Waals surface area contributed by atoms with Gasteiger partial charge in [-0.1, -0.05) is 6.92 Å². The Hall–Kier alpha value is -0.700. The molecule has 0 amide bonds. The van der Waals surface area contributed by atoms with Crippen molar-refractivity contribution in [3.8, 4) is 0 Å². The van der Waals surface area contributed by atoms with Gasteiger partial charge >= 0.3 is 0 Å². The monoisotopic (exact) mass is 115 g/mol. The van der Waals surface area contributed by atoms with Crippen molar-refractivity contribution in [3.63, 3.8) is 0 Å². The Bertz CT molecular complexity index is 77.7. The van der Waals surface area contributed by atoms with Gasteiger partial charge < -0.3 is 11.2 Å². The molecule has 48 valence electrons. The van der Waals surface area contributed by atoms with Crippen LogP contribution in [-0.2, 0) is 0 Å². The van der Waals surface area contributed by atoms with E-state index < -0.39 is 0 Å². The maximum atomic E-state index is 5.20. The second-order valence-corrected chi connectivity index (χ2v) is 1.42. The molecule has 0 aromatic heterocycles. The van der Waals surface area contributed by atoms with Crippen LogP contribution < -0.4 is 16.6 Å². The van der Waals surface area contributed by atoms with Gasteiger partial charge in [-0.05, 0) is 6.42 Å². The lowest BCUT2D eigenvalue weighted by Crippen LogP contribution is -2.26. The molecule has 0 bridgehead atoms. The van der Waals surface area contributed by atoms with E-state index in [1.807, 2.05) is 6.92 Å². The Kier molecular flexibility index (Phi) is 4.07. The molecule has 0 saturated heterocycles. The summed E-state index contributed by atoms with van der Waals surface area (Å²) in [5.74, 6) is 0. The van der Waals surface area contributed by atoms with E-state index in [1.54, 1.807) is 13.2 Å². The number of hydrogen-bond donors (Lipinski definition) is 3. The van der Waals surface area contributed by atoms with Gasteiger partial charge in [0.15, 0.2) is 0 Å². The number of nitrogens with one attached hydrogen (secondary N) is 2. The quantitative estimate of drug-likeness (QED) is 0.451. The molecule has 4 N–H and O–H groups in total. The predicted octanol–water partition coefficient (Wildman–Crippen LogP) is -0.0795. The molecule has 0 aromatic carbocycles. The molecular weight excluding hydrogens is 102 g/mol. The molecule has 0 fully saturated rings. The largest absolute Gasteiger partial charge is 0.403 e. The minimum atomic E-state index is 0.928. The van der Waals surface area contributed by atoms with Crippen molar-refractivity contribution in [2.75, 3.05) is 7.05 Å². The fraction of sp³-hybridized carbons (Fsp3) is 0.600. The van der Waals surface area contributed by atoms with Gasteiger partial charge in [0, 0.05) is 18.9 Å². The van der Waals surface area contributed by atoms with Crippen molar-refractivity contribution < 1.29 is 0 Å². The van der Waals surface area contributed by atoms with Crippen molar-refractivity contribution in [1.29, 1.82) is 0 Å². The Morgan fingerprint density at radius 2 is 2.38 bits per heavy atom. The van der Waals surface area contributed by atoms with E-state index in [0.29, 0.717) is 0 Å². The van der Waals surface area contributed by atoms with E-state index in [1.165, 1.54) is 0 Å². The zero-order chi connectivity index (χ0) is 6.41. The molecule has 0 heterocycles. The lowest BCUT2D eigenvalue weighted by molar-refractivity contribution is 0.664. The summed E-state index contributed by atoms with van der Waals surface area (Å²) in [6, 6.07) is 0. The van der Waals surface area contributed by atoms with Crippen LogP contribution in [0.3, 0.4) is 0 Å². The molecule has 0 unspecified atom stereocenters. The number of nitrogens with two attached hydrogens (primary N) is 1.